The van der Waals surface area contributed by atoms with Crippen LogP contribution in [0.3, 0.4) is 0 Å². The van der Waals surface area contributed by atoms with Crippen molar-refractivity contribution in [1.82, 2.24) is 14.9 Å². The molecule has 1 atom stereocenters. The fraction of sp³-hybridized carbons (Fsp3) is 0.800. The van der Waals surface area contributed by atoms with Crippen LogP contribution in [0, 0.1) is 6.92 Å². The van der Waals surface area contributed by atoms with Crippen molar-refractivity contribution in [2.75, 3.05) is 20.3 Å². The molecule has 1 N–H and O–H groups in total. The molecule has 0 unspecified atom stereocenters. The molecule has 0 saturated carbocycles. The Hall–Kier alpha value is -0.870. The van der Waals surface area contributed by atoms with Crippen molar-refractivity contribution < 1.29 is 4.74 Å². The van der Waals surface area contributed by atoms with E-state index in [1.807, 2.05) is 0 Å². The molecule has 4 heteroatoms. The first-order valence-electron chi connectivity index (χ1n) is 7.52. The number of nitrogens with one attached hydrogen (secondary N) is 1. The van der Waals surface area contributed by atoms with Crippen LogP contribution in [0.5, 0.6) is 0 Å². The minimum absolute atomic E-state index is 0.662. The van der Waals surface area contributed by atoms with Gasteiger partial charge in [-0.3, -0.25) is 4.90 Å². The lowest BCUT2D eigenvalue weighted by molar-refractivity contribution is 0.0963. The average molecular weight is 265 g/mol. The van der Waals surface area contributed by atoms with Crippen molar-refractivity contribution in [2.45, 2.75) is 58.5 Å². The van der Waals surface area contributed by atoms with Crippen LogP contribution in [0.2, 0.25) is 0 Å². The standard InChI is InChI=1S/C15H27N3O/c1-4-15-16-12(2)14(17-15)11-18-9-6-5-7-13(18)8-10-19-3/h13H,4-11H2,1-3H3,(H,16,17)/t13-/m1/s1. The maximum absolute atomic E-state index is 5.24. The van der Waals surface area contributed by atoms with E-state index in [0.29, 0.717) is 6.04 Å². The van der Waals surface area contributed by atoms with Gasteiger partial charge in [-0.25, -0.2) is 4.98 Å². The molecule has 1 aliphatic heterocycles. The number of piperidine rings is 1. The highest BCUT2D eigenvalue weighted by Gasteiger charge is 2.23. The van der Waals surface area contributed by atoms with Gasteiger partial charge in [0.05, 0.1) is 5.69 Å². The first kappa shape index (κ1) is 14.5. The molecular weight excluding hydrogens is 238 g/mol. The smallest absolute Gasteiger partial charge is 0.106 e. The minimum atomic E-state index is 0.662. The fourth-order valence-corrected chi connectivity index (χ4v) is 2.93. The SMILES string of the molecule is CCc1nc(CN2CCCC[C@@H]2CCOC)c(C)[nH]1. The summed E-state index contributed by atoms with van der Waals surface area (Å²) in [7, 11) is 1.79. The van der Waals surface area contributed by atoms with Gasteiger partial charge in [0.2, 0.25) is 0 Å². The number of hydrogen-bond donors (Lipinski definition) is 1. The number of likely N-dealkylation sites (tertiary alicyclic amines) is 1. The lowest BCUT2D eigenvalue weighted by atomic mass is 9.99. The highest BCUT2D eigenvalue weighted by atomic mass is 16.5. The van der Waals surface area contributed by atoms with Gasteiger partial charge in [0.15, 0.2) is 0 Å². The Morgan fingerprint density at radius 3 is 2.95 bits per heavy atom. The van der Waals surface area contributed by atoms with E-state index >= 15 is 0 Å². The molecule has 0 aromatic carbocycles. The first-order valence-corrected chi connectivity index (χ1v) is 7.52. The summed E-state index contributed by atoms with van der Waals surface area (Å²) in [6, 6.07) is 0.662. The van der Waals surface area contributed by atoms with Crippen LogP contribution in [0.25, 0.3) is 0 Å². The molecule has 0 amide bonds. The van der Waals surface area contributed by atoms with Crippen LogP contribution in [-0.4, -0.2) is 41.2 Å². The summed E-state index contributed by atoms with van der Waals surface area (Å²) < 4.78 is 5.24. The van der Waals surface area contributed by atoms with Crippen molar-refractivity contribution in [1.29, 1.82) is 0 Å². The lowest BCUT2D eigenvalue weighted by Crippen LogP contribution is -2.39. The number of imidazole rings is 1. The number of H-pyrrole nitrogens is 1. The van der Waals surface area contributed by atoms with Gasteiger partial charge in [-0.05, 0) is 32.7 Å². The monoisotopic (exact) mass is 265 g/mol. The highest BCUT2D eigenvalue weighted by molar-refractivity contribution is 5.13. The van der Waals surface area contributed by atoms with Crippen LogP contribution in [0.15, 0.2) is 0 Å². The van der Waals surface area contributed by atoms with E-state index in [0.717, 1.165) is 31.8 Å². The molecule has 2 rings (SSSR count). The second kappa shape index (κ2) is 7.06. The van der Waals surface area contributed by atoms with Crippen LogP contribution in [0.4, 0.5) is 0 Å². The van der Waals surface area contributed by atoms with E-state index in [9.17, 15) is 0 Å². The van der Waals surface area contributed by atoms with Gasteiger partial charge in [-0.15, -0.1) is 0 Å². The molecule has 0 aliphatic carbocycles. The molecule has 0 spiro atoms. The third-order valence-corrected chi connectivity index (χ3v) is 4.13. The average Bonchev–Trinajstić information content (AvgIpc) is 2.78. The summed E-state index contributed by atoms with van der Waals surface area (Å²) >= 11 is 0. The Balaban J connectivity index is 1.99. The van der Waals surface area contributed by atoms with Crippen molar-refractivity contribution >= 4 is 0 Å². The van der Waals surface area contributed by atoms with Crippen LogP contribution in [-0.2, 0) is 17.7 Å². The maximum Gasteiger partial charge on any atom is 0.106 e. The van der Waals surface area contributed by atoms with Crippen LogP contribution >= 0.6 is 0 Å². The Morgan fingerprint density at radius 2 is 2.26 bits per heavy atom. The third kappa shape index (κ3) is 3.80. The van der Waals surface area contributed by atoms with Gasteiger partial charge in [-0.1, -0.05) is 13.3 Å². The van der Waals surface area contributed by atoms with Crippen molar-refractivity contribution in [3.8, 4) is 0 Å². The Labute approximate surface area is 116 Å². The Morgan fingerprint density at radius 1 is 1.42 bits per heavy atom. The van der Waals surface area contributed by atoms with E-state index in [2.05, 4.69) is 23.7 Å². The third-order valence-electron chi connectivity index (χ3n) is 4.13. The zero-order valence-corrected chi connectivity index (χ0v) is 12.5. The highest BCUT2D eigenvalue weighted by Crippen LogP contribution is 2.22. The van der Waals surface area contributed by atoms with E-state index in [1.54, 1.807) is 7.11 Å². The van der Waals surface area contributed by atoms with Crippen LogP contribution in [0.1, 0.15) is 49.8 Å². The molecule has 4 nitrogen and oxygen atoms in total. The Kier molecular flexibility index (Phi) is 5.40. The molecule has 19 heavy (non-hydrogen) atoms. The second-order valence-electron chi connectivity index (χ2n) is 5.51. The number of aromatic nitrogens is 2. The van der Waals surface area contributed by atoms with E-state index in [4.69, 9.17) is 9.72 Å². The summed E-state index contributed by atoms with van der Waals surface area (Å²) in [6.07, 6.45) is 6.08. The molecule has 108 valence electrons. The number of aryl methyl sites for hydroxylation is 2. The fourth-order valence-electron chi connectivity index (χ4n) is 2.93. The molecule has 0 bridgehead atoms. The number of ether oxygens (including phenoxy) is 1. The molecule has 0 radical (unpaired) electrons. The summed E-state index contributed by atoms with van der Waals surface area (Å²) in [6.45, 7) is 7.32. The van der Waals surface area contributed by atoms with E-state index < -0.39 is 0 Å². The molecule has 1 saturated heterocycles. The van der Waals surface area contributed by atoms with Crippen molar-refractivity contribution in [2.24, 2.45) is 0 Å². The Bertz CT molecular complexity index is 389. The molecule has 1 aromatic heterocycles. The molecule has 1 aliphatic rings. The summed E-state index contributed by atoms with van der Waals surface area (Å²) in [5.41, 5.74) is 2.45. The second-order valence-corrected chi connectivity index (χ2v) is 5.51. The molecule has 1 fully saturated rings. The normalized spacial score (nSPS) is 20.9. The predicted octanol–water partition coefficient (Wildman–Crippen LogP) is 2.67. The summed E-state index contributed by atoms with van der Waals surface area (Å²) in [5, 5.41) is 0. The molecule has 1 aromatic rings. The number of hydrogen-bond acceptors (Lipinski definition) is 3. The lowest BCUT2D eigenvalue weighted by Gasteiger charge is -2.35. The molecular formula is C15H27N3O. The summed E-state index contributed by atoms with van der Waals surface area (Å²) in [5.74, 6) is 1.11. The number of nitrogens with zero attached hydrogens (tertiary/aromatic N) is 2. The van der Waals surface area contributed by atoms with Gasteiger partial charge in [0.1, 0.15) is 5.82 Å². The first-order chi connectivity index (χ1) is 9.24. The van der Waals surface area contributed by atoms with Crippen molar-refractivity contribution in [3.05, 3.63) is 17.2 Å². The largest absolute Gasteiger partial charge is 0.385 e. The van der Waals surface area contributed by atoms with Gasteiger partial charge in [0, 0.05) is 38.4 Å². The van der Waals surface area contributed by atoms with Gasteiger partial charge < -0.3 is 9.72 Å². The van der Waals surface area contributed by atoms with E-state index in [1.165, 1.54) is 37.2 Å². The minimum Gasteiger partial charge on any atom is -0.385 e. The quantitative estimate of drug-likeness (QED) is 0.859. The van der Waals surface area contributed by atoms with E-state index in [-0.39, 0.29) is 0 Å². The predicted molar refractivity (Wildman–Crippen MR) is 77.2 cm³/mol. The molecule has 2 heterocycles. The van der Waals surface area contributed by atoms with Crippen LogP contribution < -0.4 is 0 Å². The number of aromatic amines is 1. The number of rotatable bonds is 6. The van der Waals surface area contributed by atoms with Gasteiger partial charge >= 0.3 is 0 Å². The maximum atomic E-state index is 5.24. The number of methoxy groups -OCH3 is 1. The summed E-state index contributed by atoms with van der Waals surface area (Å²) in [4.78, 5) is 10.7. The van der Waals surface area contributed by atoms with Crippen molar-refractivity contribution in [3.63, 3.8) is 0 Å². The van der Waals surface area contributed by atoms with Gasteiger partial charge in [0.25, 0.3) is 0 Å². The topological polar surface area (TPSA) is 41.2 Å². The zero-order chi connectivity index (χ0) is 13.7. The van der Waals surface area contributed by atoms with Gasteiger partial charge in [-0.2, -0.15) is 0 Å². The zero-order valence-electron chi connectivity index (χ0n) is 12.5.